The van der Waals surface area contributed by atoms with Crippen molar-refractivity contribution in [2.75, 3.05) is 0 Å². The van der Waals surface area contributed by atoms with Gasteiger partial charge in [-0.3, -0.25) is 9.78 Å². The van der Waals surface area contributed by atoms with Gasteiger partial charge in [0.15, 0.2) is 0 Å². The van der Waals surface area contributed by atoms with Crippen LogP contribution in [0.15, 0.2) is 47.6 Å². The first-order chi connectivity index (χ1) is 12.7. The summed E-state index contributed by atoms with van der Waals surface area (Å²) in [5, 5.41) is 2.80. The number of carbonyl (C=O) groups is 1. The van der Waals surface area contributed by atoms with Crippen molar-refractivity contribution in [1.29, 1.82) is 0 Å². The Hall–Kier alpha value is -2.25. The van der Waals surface area contributed by atoms with Crippen LogP contribution in [0.2, 0.25) is 0 Å². The zero-order valence-electron chi connectivity index (χ0n) is 16.2. The van der Waals surface area contributed by atoms with E-state index < -0.39 is 16.1 Å². The number of aromatic nitrogens is 1. The second-order valence-corrected chi connectivity index (χ2v) is 8.83. The standard InChI is InChI=1S/C20H27N3O3S/c1-14(2)10-18(20(24)22-13-17-6-5-9-21-12-17)23-27(25,26)19-8-7-15(3)11-16(19)4/h5-9,11-12,14,18,23H,10,13H2,1-4H3,(H,22,24)/t18-/m1/s1. The van der Waals surface area contributed by atoms with E-state index in [-0.39, 0.29) is 16.7 Å². The molecule has 6 nitrogen and oxygen atoms in total. The zero-order valence-corrected chi connectivity index (χ0v) is 17.0. The third-order valence-corrected chi connectivity index (χ3v) is 5.76. The molecule has 1 aromatic carbocycles. The first kappa shape index (κ1) is 21.1. The molecule has 1 atom stereocenters. The highest BCUT2D eigenvalue weighted by atomic mass is 32.2. The van der Waals surface area contributed by atoms with Crippen LogP contribution in [0.25, 0.3) is 0 Å². The van der Waals surface area contributed by atoms with Crippen LogP contribution in [-0.4, -0.2) is 25.4 Å². The molecule has 0 aliphatic rings. The van der Waals surface area contributed by atoms with Crippen molar-refractivity contribution >= 4 is 15.9 Å². The molecule has 27 heavy (non-hydrogen) atoms. The van der Waals surface area contributed by atoms with E-state index in [2.05, 4.69) is 15.0 Å². The zero-order chi connectivity index (χ0) is 20.0. The van der Waals surface area contributed by atoms with Crippen LogP contribution < -0.4 is 10.0 Å². The van der Waals surface area contributed by atoms with Crippen LogP contribution in [-0.2, 0) is 21.4 Å². The fourth-order valence-electron chi connectivity index (χ4n) is 2.85. The molecule has 0 bridgehead atoms. The van der Waals surface area contributed by atoms with Crippen molar-refractivity contribution < 1.29 is 13.2 Å². The maximum atomic E-state index is 12.8. The molecule has 2 aromatic rings. The molecule has 0 saturated heterocycles. The lowest BCUT2D eigenvalue weighted by Gasteiger charge is -2.21. The number of nitrogens with one attached hydrogen (secondary N) is 2. The van der Waals surface area contributed by atoms with Crippen molar-refractivity contribution in [2.45, 2.75) is 51.6 Å². The Kier molecular flexibility index (Phi) is 7.10. The molecule has 0 unspecified atom stereocenters. The number of sulfonamides is 1. The number of carbonyl (C=O) groups excluding carboxylic acids is 1. The van der Waals surface area contributed by atoms with Crippen molar-refractivity contribution in [3.63, 3.8) is 0 Å². The van der Waals surface area contributed by atoms with Gasteiger partial charge in [0.05, 0.1) is 4.90 Å². The summed E-state index contributed by atoms with van der Waals surface area (Å²) in [6.45, 7) is 7.86. The van der Waals surface area contributed by atoms with Gasteiger partial charge in [-0.05, 0) is 49.4 Å². The highest BCUT2D eigenvalue weighted by Gasteiger charge is 2.27. The number of aryl methyl sites for hydroxylation is 2. The molecule has 2 N–H and O–H groups in total. The van der Waals surface area contributed by atoms with Gasteiger partial charge in [0, 0.05) is 18.9 Å². The summed E-state index contributed by atoms with van der Waals surface area (Å²) in [7, 11) is -3.80. The number of hydrogen-bond acceptors (Lipinski definition) is 4. The molecule has 0 aliphatic heterocycles. The van der Waals surface area contributed by atoms with Gasteiger partial charge >= 0.3 is 0 Å². The molecule has 0 spiro atoms. The lowest BCUT2D eigenvalue weighted by atomic mass is 10.0. The average molecular weight is 390 g/mol. The highest BCUT2D eigenvalue weighted by molar-refractivity contribution is 7.89. The first-order valence-corrected chi connectivity index (χ1v) is 10.4. The van der Waals surface area contributed by atoms with Crippen molar-refractivity contribution in [2.24, 2.45) is 5.92 Å². The number of amides is 1. The summed E-state index contributed by atoms with van der Waals surface area (Å²) in [6, 6.07) is 7.94. The minimum atomic E-state index is -3.80. The summed E-state index contributed by atoms with van der Waals surface area (Å²) < 4.78 is 28.2. The first-order valence-electron chi connectivity index (χ1n) is 8.95. The van der Waals surface area contributed by atoms with E-state index in [1.54, 1.807) is 37.5 Å². The second kappa shape index (κ2) is 9.10. The molecular formula is C20H27N3O3S. The molecule has 0 saturated carbocycles. The Morgan fingerprint density at radius 1 is 1.19 bits per heavy atom. The topological polar surface area (TPSA) is 88.2 Å². The summed E-state index contributed by atoms with van der Waals surface area (Å²) in [5.74, 6) is -0.193. The van der Waals surface area contributed by atoms with Crippen LogP contribution >= 0.6 is 0 Å². The smallest absolute Gasteiger partial charge is 0.241 e. The number of nitrogens with zero attached hydrogens (tertiary/aromatic N) is 1. The molecule has 0 radical (unpaired) electrons. The molecule has 1 amide bonds. The predicted octanol–water partition coefficient (Wildman–Crippen LogP) is 2.71. The fraction of sp³-hybridized carbons (Fsp3) is 0.400. The normalized spacial score (nSPS) is 12.8. The second-order valence-electron chi connectivity index (χ2n) is 7.15. The van der Waals surface area contributed by atoms with Crippen LogP contribution in [0.5, 0.6) is 0 Å². The molecule has 0 fully saturated rings. The highest BCUT2D eigenvalue weighted by Crippen LogP contribution is 2.18. The molecular weight excluding hydrogens is 362 g/mol. The van der Waals surface area contributed by atoms with Crippen molar-refractivity contribution in [3.8, 4) is 0 Å². The van der Waals surface area contributed by atoms with Crippen LogP contribution in [0, 0.1) is 19.8 Å². The van der Waals surface area contributed by atoms with Gasteiger partial charge in [0.25, 0.3) is 0 Å². The predicted molar refractivity (Wildman–Crippen MR) is 106 cm³/mol. The summed E-state index contributed by atoms with van der Waals surface area (Å²) >= 11 is 0. The van der Waals surface area contributed by atoms with Gasteiger partial charge in [-0.25, -0.2) is 8.42 Å². The van der Waals surface area contributed by atoms with Crippen molar-refractivity contribution in [1.82, 2.24) is 15.0 Å². The quantitative estimate of drug-likeness (QED) is 0.727. The largest absolute Gasteiger partial charge is 0.351 e. The molecule has 1 heterocycles. The number of hydrogen-bond donors (Lipinski definition) is 2. The summed E-state index contributed by atoms with van der Waals surface area (Å²) in [4.78, 5) is 16.8. The van der Waals surface area contributed by atoms with Gasteiger partial charge in [0.2, 0.25) is 15.9 Å². The van der Waals surface area contributed by atoms with E-state index in [9.17, 15) is 13.2 Å². The van der Waals surface area contributed by atoms with E-state index >= 15 is 0 Å². The third-order valence-electron chi connectivity index (χ3n) is 4.13. The Bertz CT molecular complexity index is 881. The minimum Gasteiger partial charge on any atom is -0.351 e. The average Bonchev–Trinajstić information content (AvgIpc) is 2.59. The summed E-state index contributed by atoms with van der Waals surface area (Å²) in [5.41, 5.74) is 2.49. The minimum absolute atomic E-state index is 0.154. The van der Waals surface area contributed by atoms with Gasteiger partial charge in [-0.2, -0.15) is 4.72 Å². The SMILES string of the molecule is Cc1ccc(S(=O)(=O)N[C@H](CC(C)C)C(=O)NCc2cccnc2)c(C)c1. The van der Waals surface area contributed by atoms with E-state index in [1.807, 2.05) is 32.9 Å². The van der Waals surface area contributed by atoms with E-state index in [1.165, 1.54) is 0 Å². The number of pyridine rings is 1. The lowest BCUT2D eigenvalue weighted by molar-refractivity contribution is -0.123. The summed E-state index contributed by atoms with van der Waals surface area (Å²) in [6.07, 6.45) is 3.73. The monoisotopic (exact) mass is 389 g/mol. The van der Waals surface area contributed by atoms with Crippen LogP contribution in [0.4, 0.5) is 0 Å². The van der Waals surface area contributed by atoms with E-state index in [4.69, 9.17) is 0 Å². The lowest BCUT2D eigenvalue weighted by Crippen LogP contribution is -2.47. The Morgan fingerprint density at radius 2 is 1.93 bits per heavy atom. The van der Waals surface area contributed by atoms with Crippen molar-refractivity contribution in [3.05, 3.63) is 59.4 Å². The third kappa shape index (κ3) is 6.15. The molecule has 0 aliphatic carbocycles. The van der Waals surface area contributed by atoms with Gasteiger partial charge in [0.1, 0.15) is 6.04 Å². The maximum absolute atomic E-state index is 12.8. The Labute approximate surface area is 161 Å². The molecule has 7 heteroatoms. The molecule has 146 valence electrons. The van der Waals surface area contributed by atoms with E-state index in [0.717, 1.165) is 11.1 Å². The molecule has 1 aromatic heterocycles. The van der Waals surface area contributed by atoms with Gasteiger partial charge in [-0.15, -0.1) is 0 Å². The van der Waals surface area contributed by atoms with E-state index in [0.29, 0.717) is 18.5 Å². The number of rotatable bonds is 8. The van der Waals surface area contributed by atoms with Gasteiger partial charge < -0.3 is 5.32 Å². The maximum Gasteiger partial charge on any atom is 0.241 e. The van der Waals surface area contributed by atoms with Crippen LogP contribution in [0.1, 0.15) is 37.0 Å². The van der Waals surface area contributed by atoms with Crippen LogP contribution in [0.3, 0.4) is 0 Å². The Morgan fingerprint density at radius 3 is 2.52 bits per heavy atom. The number of benzene rings is 1. The Balaban J connectivity index is 2.16. The van der Waals surface area contributed by atoms with Gasteiger partial charge in [-0.1, -0.05) is 37.6 Å². The molecule has 2 rings (SSSR count). The fourth-order valence-corrected chi connectivity index (χ4v) is 4.28.